The zero-order valence-corrected chi connectivity index (χ0v) is 10.3. The lowest BCUT2D eigenvalue weighted by atomic mass is 9.96. The van der Waals surface area contributed by atoms with Crippen molar-refractivity contribution in [1.82, 2.24) is 5.32 Å². The van der Waals surface area contributed by atoms with Gasteiger partial charge >= 0.3 is 5.97 Å². The largest absolute Gasteiger partial charge is 0.480 e. The van der Waals surface area contributed by atoms with Gasteiger partial charge in [0.15, 0.2) is 0 Å². The van der Waals surface area contributed by atoms with E-state index in [1.54, 1.807) is 18.7 Å². The van der Waals surface area contributed by atoms with Crippen LogP contribution in [0.15, 0.2) is 0 Å². The van der Waals surface area contributed by atoms with E-state index in [4.69, 9.17) is 5.11 Å². The van der Waals surface area contributed by atoms with Crippen molar-refractivity contribution in [3.05, 3.63) is 0 Å². The van der Waals surface area contributed by atoms with E-state index in [-0.39, 0.29) is 0 Å². The van der Waals surface area contributed by atoms with Gasteiger partial charge in [-0.05, 0) is 32.6 Å². The molecule has 0 saturated carbocycles. The van der Waals surface area contributed by atoms with Gasteiger partial charge in [0.25, 0.3) is 0 Å². The van der Waals surface area contributed by atoms with Crippen molar-refractivity contribution in [1.29, 1.82) is 0 Å². The Hall–Kier alpha value is -0.220. The van der Waals surface area contributed by atoms with Gasteiger partial charge < -0.3 is 10.4 Å². The molecule has 14 heavy (non-hydrogen) atoms. The Balaban J connectivity index is 4.31. The number of hydrogen-bond donors (Lipinski definition) is 2. The Bertz CT molecular complexity index is 187. The maximum absolute atomic E-state index is 11.1. The lowest BCUT2D eigenvalue weighted by Gasteiger charge is -2.28. The third-order valence-electron chi connectivity index (χ3n) is 2.34. The summed E-state index contributed by atoms with van der Waals surface area (Å²) in [6, 6.07) is 0. The van der Waals surface area contributed by atoms with Gasteiger partial charge in [0, 0.05) is 5.25 Å². The number of carboxylic acid groups (broad SMARTS) is 1. The maximum Gasteiger partial charge on any atom is 0.323 e. The third-order valence-corrected chi connectivity index (χ3v) is 3.31. The van der Waals surface area contributed by atoms with E-state index in [1.165, 1.54) is 0 Å². The van der Waals surface area contributed by atoms with Gasteiger partial charge in [-0.15, -0.1) is 0 Å². The zero-order valence-electron chi connectivity index (χ0n) is 9.46. The fourth-order valence-electron chi connectivity index (χ4n) is 1.29. The number of aliphatic carboxylic acids is 1. The highest BCUT2D eigenvalue weighted by molar-refractivity contribution is 7.99. The number of nitrogens with one attached hydrogen (secondary N) is 1. The van der Waals surface area contributed by atoms with Gasteiger partial charge in [-0.1, -0.05) is 13.8 Å². The van der Waals surface area contributed by atoms with Crippen LogP contribution in [0, 0.1) is 0 Å². The minimum Gasteiger partial charge on any atom is -0.480 e. The molecule has 4 heteroatoms. The highest BCUT2D eigenvalue weighted by Gasteiger charge is 2.33. The summed E-state index contributed by atoms with van der Waals surface area (Å²) in [6.07, 6.45) is 3.62. The molecule has 0 heterocycles. The summed E-state index contributed by atoms with van der Waals surface area (Å²) in [6.45, 7) is 6.61. The smallest absolute Gasteiger partial charge is 0.323 e. The van der Waals surface area contributed by atoms with E-state index in [2.05, 4.69) is 12.2 Å². The fourth-order valence-corrected chi connectivity index (χ4v) is 1.79. The number of carboxylic acids is 1. The Labute approximate surface area is 90.7 Å². The van der Waals surface area contributed by atoms with Crippen molar-refractivity contribution in [2.45, 2.75) is 44.4 Å². The molecular formula is C10H21NO2S. The Kier molecular flexibility index (Phi) is 6.20. The Morgan fingerprint density at radius 1 is 1.64 bits per heavy atom. The van der Waals surface area contributed by atoms with Crippen molar-refractivity contribution in [3.63, 3.8) is 0 Å². The monoisotopic (exact) mass is 219 g/mol. The summed E-state index contributed by atoms with van der Waals surface area (Å²) in [5, 5.41) is 12.6. The molecule has 0 aromatic heterocycles. The first-order valence-corrected chi connectivity index (χ1v) is 6.26. The third kappa shape index (κ3) is 4.33. The van der Waals surface area contributed by atoms with E-state index in [0.717, 1.165) is 13.0 Å². The van der Waals surface area contributed by atoms with Crippen molar-refractivity contribution in [2.75, 3.05) is 12.8 Å². The van der Waals surface area contributed by atoms with E-state index < -0.39 is 11.5 Å². The highest BCUT2D eigenvalue weighted by atomic mass is 32.2. The van der Waals surface area contributed by atoms with Gasteiger partial charge in [-0.25, -0.2) is 0 Å². The first-order chi connectivity index (χ1) is 6.46. The second-order valence-corrected chi connectivity index (χ2v) is 5.09. The second kappa shape index (κ2) is 6.30. The molecule has 0 aliphatic rings. The molecule has 0 rings (SSSR count). The lowest BCUT2D eigenvalue weighted by molar-refractivity contribution is -0.144. The average Bonchev–Trinajstić information content (AvgIpc) is 2.14. The molecule has 84 valence electrons. The van der Waals surface area contributed by atoms with Crippen molar-refractivity contribution < 1.29 is 9.90 Å². The van der Waals surface area contributed by atoms with Crippen LogP contribution in [0.1, 0.15) is 33.6 Å². The standard InChI is InChI=1S/C10H21NO2S/c1-5-6-11-10(3,9(12)13)7-8(2)14-4/h8,11H,5-7H2,1-4H3,(H,12,13). The molecule has 2 atom stereocenters. The van der Waals surface area contributed by atoms with Crippen LogP contribution in [0.4, 0.5) is 0 Å². The lowest BCUT2D eigenvalue weighted by Crippen LogP contribution is -2.51. The predicted octanol–water partition coefficient (Wildman–Crippen LogP) is 1.97. The Morgan fingerprint density at radius 3 is 2.57 bits per heavy atom. The van der Waals surface area contributed by atoms with Crippen LogP contribution in [0.3, 0.4) is 0 Å². The van der Waals surface area contributed by atoms with Crippen LogP contribution in [0.2, 0.25) is 0 Å². The van der Waals surface area contributed by atoms with E-state index in [1.807, 2.05) is 13.2 Å². The zero-order chi connectivity index (χ0) is 11.2. The molecule has 0 amide bonds. The van der Waals surface area contributed by atoms with Crippen LogP contribution in [0.25, 0.3) is 0 Å². The molecule has 0 aromatic carbocycles. The van der Waals surface area contributed by atoms with Crippen molar-refractivity contribution >= 4 is 17.7 Å². The minimum atomic E-state index is -0.779. The first-order valence-electron chi connectivity index (χ1n) is 4.97. The molecule has 0 saturated heterocycles. The molecule has 0 spiro atoms. The molecule has 0 fully saturated rings. The van der Waals surface area contributed by atoms with E-state index in [0.29, 0.717) is 11.7 Å². The van der Waals surface area contributed by atoms with Crippen molar-refractivity contribution in [2.24, 2.45) is 0 Å². The first kappa shape index (κ1) is 13.8. The molecule has 2 N–H and O–H groups in total. The number of thioether (sulfide) groups is 1. The average molecular weight is 219 g/mol. The van der Waals surface area contributed by atoms with E-state index >= 15 is 0 Å². The number of carbonyl (C=O) groups is 1. The van der Waals surface area contributed by atoms with E-state index in [9.17, 15) is 4.79 Å². The minimum absolute atomic E-state index is 0.362. The summed E-state index contributed by atoms with van der Waals surface area (Å²) >= 11 is 1.70. The van der Waals surface area contributed by atoms with Gasteiger partial charge in [-0.2, -0.15) is 11.8 Å². The quantitative estimate of drug-likeness (QED) is 0.687. The molecule has 0 aliphatic heterocycles. The topological polar surface area (TPSA) is 49.3 Å². The SMILES string of the molecule is CCCNC(C)(CC(C)SC)C(=O)O. The molecule has 0 bridgehead atoms. The molecular weight excluding hydrogens is 198 g/mol. The maximum atomic E-state index is 11.1. The Morgan fingerprint density at radius 2 is 2.21 bits per heavy atom. The van der Waals surface area contributed by atoms with Crippen LogP contribution in [-0.4, -0.2) is 34.7 Å². The number of rotatable bonds is 7. The highest BCUT2D eigenvalue weighted by Crippen LogP contribution is 2.20. The normalized spacial score (nSPS) is 17.4. The molecule has 2 unspecified atom stereocenters. The summed E-state index contributed by atoms with van der Waals surface area (Å²) in [4.78, 5) is 11.1. The summed E-state index contributed by atoms with van der Waals surface area (Å²) in [5.41, 5.74) is -0.779. The second-order valence-electron chi connectivity index (χ2n) is 3.81. The van der Waals surface area contributed by atoms with Crippen LogP contribution >= 0.6 is 11.8 Å². The van der Waals surface area contributed by atoms with Gasteiger partial charge in [-0.3, -0.25) is 4.79 Å². The summed E-state index contributed by atoms with van der Waals surface area (Å²) < 4.78 is 0. The number of hydrogen-bond acceptors (Lipinski definition) is 3. The van der Waals surface area contributed by atoms with Crippen LogP contribution in [0.5, 0.6) is 0 Å². The molecule has 0 aliphatic carbocycles. The predicted molar refractivity (Wildman–Crippen MR) is 61.9 cm³/mol. The van der Waals surface area contributed by atoms with Gasteiger partial charge in [0.05, 0.1) is 0 Å². The molecule has 3 nitrogen and oxygen atoms in total. The van der Waals surface area contributed by atoms with Crippen molar-refractivity contribution in [3.8, 4) is 0 Å². The van der Waals surface area contributed by atoms with Crippen LogP contribution in [-0.2, 0) is 4.79 Å². The van der Waals surface area contributed by atoms with Crippen LogP contribution < -0.4 is 5.32 Å². The summed E-state index contributed by atoms with van der Waals surface area (Å²) in [7, 11) is 0. The molecule has 0 radical (unpaired) electrons. The van der Waals surface area contributed by atoms with Gasteiger partial charge in [0.2, 0.25) is 0 Å². The summed E-state index contributed by atoms with van der Waals surface area (Å²) in [5.74, 6) is -0.758. The van der Waals surface area contributed by atoms with Gasteiger partial charge in [0.1, 0.15) is 5.54 Å². The fraction of sp³-hybridized carbons (Fsp3) is 0.900. The molecule has 0 aromatic rings.